The summed E-state index contributed by atoms with van der Waals surface area (Å²) in [6.07, 6.45) is 3.50. The molecule has 92 valence electrons. The van der Waals surface area contributed by atoms with Gasteiger partial charge >= 0.3 is 6.09 Å². The Kier molecular flexibility index (Phi) is 3.10. The molecule has 0 aromatic heterocycles. The molecule has 0 bridgehead atoms. The van der Waals surface area contributed by atoms with Crippen LogP contribution in [0.2, 0.25) is 0 Å². The van der Waals surface area contributed by atoms with E-state index in [1.165, 1.54) is 12.8 Å². The van der Waals surface area contributed by atoms with Crippen molar-refractivity contribution >= 4 is 6.09 Å². The third-order valence-corrected chi connectivity index (χ3v) is 2.79. The molecule has 2 rings (SSSR count). The molecule has 16 heavy (non-hydrogen) atoms. The highest BCUT2D eigenvalue weighted by molar-refractivity contribution is 5.68. The van der Waals surface area contributed by atoms with Crippen molar-refractivity contribution in [1.29, 1.82) is 0 Å². The van der Waals surface area contributed by atoms with E-state index in [-0.39, 0.29) is 18.2 Å². The number of epoxide rings is 1. The lowest BCUT2D eigenvalue weighted by molar-refractivity contribution is 0.0490. The number of rotatable bonds is 4. The first-order valence-electron chi connectivity index (χ1n) is 6.05. The fourth-order valence-corrected chi connectivity index (χ4v) is 1.76. The van der Waals surface area contributed by atoms with Gasteiger partial charge in [0.25, 0.3) is 0 Å². The topological polar surface area (TPSA) is 50.9 Å². The second kappa shape index (κ2) is 4.24. The van der Waals surface area contributed by atoms with Gasteiger partial charge in [0.1, 0.15) is 11.7 Å². The van der Waals surface area contributed by atoms with Crippen molar-refractivity contribution in [3.63, 3.8) is 0 Å². The molecule has 2 aliphatic rings. The first-order valence-corrected chi connectivity index (χ1v) is 6.05. The van der Waals surface area contributed by atoms with Crippen LogP contribution < -0.4 is 5.32 Å². The summed E-state index contributed by atoms with van der Waals surface area (Å²) in [7, 11) is 0. The van der Waals surface area contributed by atoms with Gasteiger partial charge in [0.2, 0.25) is 0 Å². The SMILES string of the molecule is CC(C)(C)OC(=O)N[C@@H](CC1CC1)[C@H]1CO1. The summed E-state index contributed by atoms with van der Waals surface area (Å²) in [4.78, 5) is 11.6. The molecule has 0 unspecified atom stereocenters. The smallest absolute Gasteiger partial charge is 0.407 e. The van der Waals surface area contributed by atoms with Crippen LogP contribution >= 0.6 is 0 Å². The van der Waals surface area contributed by atoms with Crippen molar-refractivity contribution in [2.75, 3.05) is 6.61 Å². The quantitative estimate of drug-likeness (QED) is 0.748. The van der Waals surface area contributed by atoms with Gasteiger partial charge in [-0.1, -0.05) is 12.8 Å². The summed E-state index contributed by atoms with van der Waals surface area (Å²) in [5, 5.41) is 2.92. The molecule has 0 aromatic carbocycles. The Balaban J connectivity index is 1.77. The largest absolute Gasteiger partial charge is 0.444 e. The molecule has 1 saturated carbocycles. The third kappa shape index (κ3) is 4.00. The summed E-state index contributed by atoms with van der Waals surface area (Å²) in [6.45, 7) is 6.38. The fraction of sp³-hybridized carbons (Fsp3) is 0.917. The van der Waals surface area contributed by atoms with Crippen LogP contribution in [0.5, 0.6) is 0 Å². The highest BCUT2D eigenvalue weighted by Crippen LogP contribution is 2.35. The molecule has 1 aliphatic heterocycles. The number of carbonyl (C=O) groups excluding carboxylic acids is 1. The van der Waals surface area contributed by atoms with E-state index in [0.29, 0.717) is 0 Å². The Morgan fingerprint density at radius 3 is 2.56 bits per heavy atom. The monoisotopic (exact) mass is 227 g/mol. The molecular weight excluding hydrogens is 206 g/mol. The maximum Gasteiger partial charge on any atom is 0.407 e. The number of hydrogen-bond acceptors (Lipinski definition) is 3. The molecule has 1 amide bonds. The molecule has 1 saturated heterocycles. The highest BCUT2D eigenvalue weighted by Gasteiger charge is 2.38. The highest BCUT2D eigenvalue weighted by atomic mass is 16.6. The van der Waals surface area contributed by atoms with Crippen LogP contribution in [0.1, 0.15) is 40.0 Å². The average molecular weight is 227 g/mol. The molecule has 2 fully saturated rings. The lowest BCUT2D eigenvalue weighted by atomic mass is 10.1. The van der Waals surface area contributed by atoms with Gasteiger partial charge < -0.3 is 14.8 Å². The summed E-state index contributed by atoms with van der Waals surface area (Å²) in [5.41, 5.74) is -0.432. The van der Waals surface area contributed by atoms with Crippen molar-refractivity contribution in [1.82, 2.24) is 5.32 Å². The molecular formula is C12H21NO3. The van der Waals surface area contributed by atoms with Gasteiger partial charge in [0.15, 0.2) is 0 Å². The number of ether oxygens (including phenoxy) is 2. The van der Waals surface area contributed by atoms with E-state index in [1.54, 1.807) is 0 Å². The molecule has 1 aliphatic carbocycles. The lowest BCUT2D eigenvalue weighted by Gasteiger charge is -2.22. The minimum atomic E-state index is -0.432. The van der Waals surface area contributed by atoms with Crippen LogP contribution in [-0.2, 0) is 9.47 Å². The minimum Gasteiger partial charge on any atom is -0.444 e. The second-order valence-corrected chi connectivity index (χ2v) is 5.80. The number of carbonyl (C=O) groups is 1. The zero-order chi connectivity index (χ0) is 11.8. The molecule has 4 heteroatoms. The number of hydrogen-bond donors (Lipinski definition) is 1. The van der Waals surface area contributed by atoms with E-state index in [1.807, 2.05) is 20.8 Å². The Bertz CT molecular complexity index is 264. The number of alkyl carbamates (subject to hydrolysis) is 1. The summed E-state index contributed by atoms with van der Waals surface area (Å²) < 4.78 is 10.5. The van der Waals surface area contributed by atoms with Crippen molar-refractivity contribution in [3.8, 4) is 0 Å². The molecule has 0 spiro atoms. The summed E-state index contributed by atoms with van der Waals surface area (Å²) in [5.74, 6) is 0.782. The van der Waals surface area contributed by atoms with Crippen LogP contribution in [0, 0.1) is 5.92 Å². The predicted octanol–water partition coefficient (Wildman–Crippen LogP) is 2.08. The van der Waals surface area contributed by atoms with Gasteiger partial charge in [-0.2, -0.15) is 0 Å². The fourth-order valence-electron chi connectivity index (χ4n) is 1.76. The van der Waals surface area contributed by atoms with E-state index in [9.17, 15) is 4.79 Å². The van der Waals surface area contributed by atoms with E-state index in [0.717, 1.165) is 18.9 Å². The third-order valence-electron chi connectivity index (χ3n) is 2.79. The van der Waals surface area contributed by atoms with E-state index < -0.39 is 5.60 Å². The maximum atomic E-state index is 11.6. The first kappa shape index (κ1) is 11.7. The van der Waals surface area contributed by atoms with Gasteiger partial charge in [0, 0.05) is 0 Å². The van der Waals surface area contributed by atoms with E-state index in [2.05, 4.69) is 5.32 Å². The minimum absolute atomic E-state index is 0.141. The molecule has 0 aromatic rings. The Morgan fingerprint density at radius 1 is 1.50 bits per heavy atom. The lowest BCUT2D eigenvalue weighted by Crippen LogP contribution is -2.42. The molecule has 0 radical (unpaired) electrons. The normalized spacial score (nSPS) is 26.1. The first-order chi connectivity index (χ1) is 7.44. The molecule has 1 N–H and O–H groups in total. The van der Waals surface area contributed by atoms with Gasteiger partial charge in [-0.15, -0.1) is 0 Å². The van der Waals surface area contributed by atoms with Crippen LogP contribution in [-0.4, -0.2) is 30.4 Å². The molecule has 4 nitrogen and oxygen atoms in total. The number of amides is 1. The zero-order valence-electron chi connectivity index (χ0n) is 10.3. The van der Waals surface area contributed by atoms with E-state index >= 15 is 0 Å². The van der Waals surface area contributed by atoms with Gasteiger partial charge in [0.05, 0.1) is 12.6 Å². The molecule has 2 atom stereocenters. The molecule has 1 heterocycles. The van der Waals surface area contributed by atoms with E-state index in [4.69, 9.17) is 9.47 Å². The number of nitrogens with one attached hydrogen (secondary N) is 1. The van der Waals surface area contributed by atoms with Gasteiger partial charge in [-0.05, 0) is 33.1 Å². The van der Waals surface area contributed by atoms with Crippen molar-refractivity contribution in [3.05, 3.63) is 0 Å². The van der Waals surface area contributed by atoms with Gasteiger partial charge in [-0.25, -0.2) is 4.79 Å². The summed E-state index contributed by atoms with van der Waals surface area (Å²) in [6, 6.07) is 0.141. The van der Waals surface area contributed by atoms with Crippen LogP contribution in [0.25, 0.3) is 0 Å². The zero-order valence-corrected chi connectivity index (χ0v) is 10.3. The van der Waals surface area contributed by atoms with Crippen molar-refractivity contribution in [2.45, 2.75) is 57.8 Å². The second-order valence-electron chi connectivity index (χ2n) is 5.80. The Morgan fingerprint density at radius 2 is 2.12 bits per heavy atom. The summed E-state index contributed by atoms with van der Waals surface area (Å²) >= 11 is 0. The predicted molar refractivity (Wildman–Crippen MR) is 60.2 cm³/mol. The van der Waals surface area contributed by atoms with Crippen LogP contribution in [0.4, 0.5) is 4.79 Å². The standard InChI is InChI=1S/C12H21NO3/c1-12(2,3)16-11(14)13-9(10-7-15-10)6-8-4-5-8/h8-10H,4-7H2,1-3H3,(H,13,14)/t9-,10+/m0/s1. The Labute approximate surface area is 96.7 Å². The Hall–Kier alpha value is -0.770. The van der Waals surface area contributed by atoms with Crippen LogP contribution in [0.3, 0.4) is 0 Å². The van der Waals surface area contributed by atoms with Crippen molar-refractivity contribution in [2.24, 2.45) is 5.92 Å². The van der Waals surface area contributed by atoms with Gasteiger partial charge in [-0.3, -0.25) is 0 Å². The maximum absolute atomic E-state index is 11.6. The average Bonchev–Trinajstić information content (AvgIpc) is 2.96. The van der Waals surface area contributed by atoms with Crippen LogP contribution in [0.15, 0.2) is 0 Å². The van der Waals surface area contributed by atoms with Crippen molar-refractivity contribution < 1.29 is 14.3 Å².